The van der Waals surface area contributed by atoms with Crippen molar-refractivity contribution in [2.24, 2.45) is 5.92 Å². The Hall–Kier alpha value is -1.62. The molecular weight excluding hydrogens is 269 g/mol. The zero-order valence-corrected chi connectivity index (χ0v) is 12.9. The molecule has 5 heteroatoms. The van der Waals surface area contributed by atoms with E-state index in [1.54, 1.807) is 31.1 Å². The van der Waals surface area contributed by atoms with Gasteiger partial charge in [0, 0.05) is 33.2 Å². The molecule has 0 aromatic heterocycles. The monoisotopic (exact) mass is 293 g/mol. The molecule has 0 aliphatic heterocycles. The van der Waals surface area contributed by atoms with Crippen molar-refractivity contribution in [3.8, 4) is 0 Å². The van der Waals surface area contributed by atoms with Crippen LogP contribution in [-0.2, 0) is 11.3 Å². The summed E-state index contributed by atoms with van der Waals surface area (Å²) in [4.78, 5) is 13.3. The van der Waals surface area contributed by atoms with Crippen LogP contribution in [0.15, 0.2) is 18.2 Å². The molecule has 1 saturated carbocycles. The molecule has 1 aromatic carbocycles. The van der Waals surface area contributed by atoms with E-state index < -0.39 is 0 Å². The standard InChI is InChI=1S/C16H24FN3O/c1-11(16(21)18-2)10-20(3)15-7-4-12(8-14(15)17)9-19-13-5-6-13/h4,7-8,11,13,19H,5-6,9-10H2,1-3H3,(H,18,21). The molecule has 2 N–H and O–H groups in total. The molecule has 1 amide bonds. The van der Waals surface area contributed by atoms with E-state index in [1.165, 1.54) is 12.8 Å². The van der Waals surface area contributed by atoms with Crippen molar-refractivity contribution >= 4 is 11.6 Å². The highest BCUT2D eigenvalue weighted by molar-refractivity contribution is 5.78. The number of nitrogens with zero attached hydrogens (tertiary/aromatic N) is 1. The fraction of sp³-hybridized carbons (Fsp3) is 0.562. The molecule has 1 unspecified atom stereocenters. The Morgan fingerprint density at radius 3 is 2.76 bits per heavy atom. The lowest BCUT2D eigenvalue weighted by Gasteiger charge is -2.23. The topological polar surface area (TPSA) is 44.4 Å². The molecule has 4 nitrogen and oxygen atoms in total. The first-order valence-corrected chi connectivity index (χ1v) is 7.45. The molecule has 1 aliphatic rings. The van der Waals surface area contributed by atoms with E-state index >= 15 is 0 Å². The van der Waals surface area contributed by atoms with Crippen molar-refractivity contribution in [1.82, 2.24) is 10.6 Å². The van der Waals surface area contributed by atoms with Crippen molar-refractivity contribution < 1.29 is 9.18 Å². The largest absolute Gasteiger partial charge is 0.371 e. The van der Waals surface area contributed by atoms with Crippen molar-refractivity contribution in [3.05, 3.63) is 29.6 Å². The van der Waals surface area contributed by atoms with Crippen LogP contribution in [-0.4, -0.2) is 32.6 Å². The van der Waals surface area contributed by atoms with Crippen LogP contribution in [0, 0.1) is 11.7 Å². The first-order chi connectivity index (χ1) is 10.0. The Morgan fingerprint density at radius 1 is 1.48 bits per heavy atom. The van der Waals surface area contributed by atoms with Gasteiger partial charge < -0.3 is 15.5 Å². The Morgan fingerprint density at radius 2 is 2.19 bits per heavy atom. The van der Waals surface area contributed by atoms with Gasteiger partial charge in [-0.1, -0.05) is 13.0 Å². The molecule has 1 aliphatic carbocycles. The van der Waals surface area contributed by atoms with Crippen LogP contribution in [0.5, 0.6) is 0 Å². The summed E-state index contributed by atoms with van der Waals surface area (Å²) in [6.45, 7) is 3.03. The molecule has 116 valence electrons. The predicted octanol–water partition coefficient (Wildman–Crippen LogP) is 1.90. The summed E-state index contributed by atoms with van der Waals surface area (Å²) < 4.78 is 14.2. The average molecular weight is 293 g/mol. The zero-order chi connectivity index (χ0) is 15.4. The highest BCUT2D eigenvalue weighted by Crippen LogP contribution is 2.22. The summed E-state index contributed by atoms with van der Waals surface area (Å²) in [6, 6.07) is 5.92. The number of carbonyl (C=O) groups is 1. The first-order valence-electron chi connectivity index (χ1n) is 7.45. The second kappa shape index (κ2) is 6.89. The quantitative estimate of drug-likeness (QED) is 0.807. The van der Waals surface area contributed by atoms with Crippen molar-refractivity contribution in [1.29, 1.82) is 0 Å². The minimum absolute atomic E-state index is 0.0347. The molecule has 1 fully saturated rings. The SMILES string of the molecule is CNC(=O)C(C)CN(C)c1ccc(CNC2CC2)cc1F. The Bertz CT molecular complexity index is 502. The molecule has 0 spiro atoms. The number of benzene rings is 1. The van der Waals surface area contributed by atoms with Gasteiger partial charge >= 0.3 is 0 Å². The van der Waals surface area contributed by atoms with Gasteiger partial charge in [-0.05, 0) is 30.5 Å². The lowest BCUT2D eigenvalue weighted by molar-refractivity contribution is -0.123. The number of hydrogen-bond acceptors (Lipinski definition) is 3. The minimum Gasteiger partial charge on any atom is -0.371 e. The number of amides is 1. The maximum atomic E-state index is 14.2. The highest BCUT2D eigenvalue weighted by Gasteiger charge is 2.20. The minimum atomic E-state index is -0.239. The second-order valence-corrected chi connectivity index (χ2v) is 5.84. The molecule has 21 heavy (non-hydrogen) atoms. The number of rotatable bonds is 7. The van der Waals surface area contributed by atoms with E-state index in [1.807, 2.05) is 13.0 Å². The van der Waals surface area contributed by atoms with Crippen LogP contribution in [0.3, 0.4) is 0 Å². The lowest BCUT2D eigenvalue weighted by atomic mass is 10.1. The molecule has 1 aromatic rings. The fourth-order valence-corrected chi connectivity index (χ4v) is 2.36. The van der Waals surface area contributed by atoms with Gasteiger partial charge in [0.15, 0.2) is 0 Å². The van der Waals surface area contributed by atoms with Gasteiger partial charge in [0.25, 0.3) is 0 Å². The van der Waals surface area contributed by atoms with Gasteiger partial charge in [-0.25, -0.2) is 4.39 Å². The van der Waals surface area contributed by atoms with E-state index in [0.29, 0.717) is 24.8 Å². The first kappa shape index (κ1) is 15.8. The average Bonchev–Trinajstić information content (AvgIpc) is 3.28. The van der Waals surface area contributed by atoms with E-state index in [2.05, 4.69) is 10.6 Å². The number of halogens is 1. The maximum Gasteiger partial charge on any atom is 0.224 e. The zero-order valence-electron chi connectivity index (χ0n) is 12.9. The molecule has 0 heterocycles. The lowest BCUT2D eigenvalue weighted by Crippen LogP contribution is -2.34. The summed E-state index contributed by atoms with van der Waals surface area (Å²) >= 11 is 0. The van der Waals surface area contributed by atoms with Gasteiger partial charge in [0.05, 0.1) is 11.6 Å². The van der Waals surface area contributed by atoms with Gasteiger partial charge in [0.2, 0.25) is 5.91 Å². The molecule has 0 bridgehead atoms. The van der Waals surface area contributed by atoms with Crippen LogP contribution in [0.1, 0.15) is 25.3 Å². The highest BCUT2D eigenvalue weighted by atomic mass is 19.1. The Balaban J connectivity index is 1.96. The van der Waals surface area contributed by atoms with Crippen molar-refractivity contribution in [3.63, 3.8) is 0 Å². The van der Waals surface area contributed by atoms with Gasteiger partial charge in [-0.15, -0.1) is 0 Å². The fourth-order valence-electron chi connectivity index (χ4n) is 2.36. The van der Waals surface area contributed by atoms with Crippen LogP contribution >= 0.6 is 0 Å². The number of carbonyl (C=O) groups excluding carboxylic acids is 1. The number of nitrogens with one attached hydrogen (secondary N) is 2. The molecule has 0 radical (unpaired) electrons. The second-order valence-electron chi connectivity index (χ2n) is 5.84. The predicted molar refractivity (Wildman–Crippen MR) is 82.8 cm³/mol. The summed E-state index contributed by atoms with van der Waals surface area (Å²) in [6.07, 6.45) is 2.45. The van der Waals surface area contributed by atoms with E-state index in [9.17, 15) is 9.18 Å². The van der Waals surface area contributed by atoms with Gasteiger partial charge in [-0.3, -0.25) is 4.79 Å². The van der Waals surface area contributed by atoms with Crippen LogP contribution < -0.4 is 15.5 Å². The van der Waals surface area contributed by atoms with Crippen molar-refractivity contribution in [2.75, 3.05) is 25.5 Å². The van der Waals surface area contributed by atoms with Gasteiger partial charge in [-0.2, -0.15) is 0 Å². The van der Waals surface area contributed by atoms with E-state index in [4.69, 9.17) is 0 Å². The summed E-state index contributed by atoms with van der Waals surface area (Å²) in [7, 11) is 3.42. The number of hydrogen-bond donors (Lipinski definition) is 2. The Labute approximate surface area is 125 Å². The summed E-state index contributed by atoms with van der Waals surface area (Å²) in [5.74, 6) is -0.458. The maximum absolute atomic E-state index is 14.2. The third-order valence-corrected chi connectivity index (χ3v) is 3.84. The summed E-state index contributed by atoms with van der Waals surface area (Å²) in [5.41, 5.74) is 1.48. The van der Waals surface area contributed by atoms with Gasteiger partial charge in [0.1, 0.15) is 5.82 Å². The van der Waals surface area contributed by atoms with Crippen LogP contribution in [0.4, 0.5) is 10.1 Å². The van der Waals surface area contributed by atoms with E-state index in [0.717, 1.165) is 5.56 Å². The molecule has 2 rings (SSSR count). The normalized spacial score (nSPS) is 15.6. The molecule has 0 saturated heterocycles. The number of anilines is 1. The smallest absolute Gasteiger partial charge is 0.224 e. The van der Waals surface area contributed by atoms with Crippen LogP contribution in [0.25, 0.3) is 0 Å². The third kappa shape index (κ3) is 4.43. The molecule has 1 atom stereocenters. The van der Waals surface area contributed by atoms with Crippen LogP contribution in [0.2, 0.25) is 0 Å². The van der Waals surface area contributed by atoms with Crippen molar-refractivity contribution in [2.45, 2.75) is 32.4 Å². The Kier molecular flexibility index (Phi) is 5.17. The summed E-state index contributed by atoms with van der Waals surface area (Å²) in [5, 5.41) is 5.98. The molecular formula is C16H24FN3O. The third-order valence-electron chi connectivity index (χ3n) is 3.84. The van der Waals surface area contributed by atoms with E-state index in [-0.39, 0.29) is 17.6 Å².